The zero-order chi connectivity index (χ0) is 15.4. The molecule has 1 aliphatic rings. The predicted octanol–water partition coefficient (Wildman–Crippen LogP) is 3.36. The summed E-state index contributed by atoms with van der Waals surface area (Å²) in [6, 6.07) is 7.49. The van der Waals surface area contributed by atoms with Crippen LogP contribution in [-0.2, 0) is 4.79 Å². The molecule has 1 aliphatic carbocycles. The van der Waals surface area contributed by atoms with Crippen LogP contribution in [0, 0.1) is 11.8 Å². The summed E-state index contributed by atoms with van der Waals surface area (Å²) in [6.45, 7) is 4.63. The Morgan fingerprint density at radius 3 is 2.76 bits per heavy atom. The van der Waals surface area contributed by atoms with E-state index in [1.54, 1.807) is 0 Å². The molecule has 3 atom stereocenters. The number of halogens is 1. The van der Waals surface area contributed by atoms with E-state index in [1.807, 2.05) is 38.1 Å². The molecule has 0 bridgehead atoms. The summed E-state index contributed by atoms with van der Waals surface area (Å²) in [5.74, 6) is 0.201. The molecule has 0 aliphatic heterocycles. The Morgan fingerprint density at radius 1 is 1.43 bits per heavy atom. The van der Waals surface area contributed by atoms with Gasteiger partial charge < -0.3 is 10.4 Å². The molecule has 1 amide bonds. The topological polar surface area (TPSA) is 49.3 Å². The molecule has 1 saturated carbocycles. The van der Waals surface area contributed by atoms with Gasteiger partial charge in [-0.05, 0) is 36.5 Å². The number of hydrogen-bond donors (Lipinski definition) is 2. The summed E-state index contributed by atoms with van der Waals surface area (Å²) in [6.07, 6.45) is 2.62. The smallest absolute Gasteiger partial charge is 0.227 e. The van der Waals surface area contributed by atoms with E-state index >= 15 is 0 Å². The lowest BCUT2D eigenvalue weighted by Crippen LogP contribution is -2.37. The molecule has 116 valence electrons. The Labute approximate surface area is 131 Å². The normalized spacial score (nSPS) is 23.3. The van der Waals surface area contributed by atoms with Gasteiger partial charge in [0.05, 0.1) is 12.0 Å². The van der Waals surface area contributed by atoms with Crippen LogP contribution in [0.4, 0.5) is 0 Å². The van der Waals surface area contributed by atoms with Crippen molar-refractivity contribution in [3.05, 3.63) is 34.9 Å². The summed E-state index contributed by atoms with van der Waals surface area (Å²) in [5.41, 5.74) is 0.946. The van der Waals surface area contributed by atoms with Crippen molar-refractivity contribution in [2.45, 2.75) is 45.1 Å². The van der Waals surface area contributed by atoms with Gasteiger partial charge in [0.15, 0.2) is 0 Å². The second-order valence-corrected chi connectivity index (χ2v) is 6.72. The lowest BCUT2D eigenvalue weighted by molar-refractivity contribution is -0.123. The van der Waals surface area contributed by atoms with Crippen LogP contribution in [0.15, 0.2) is 24.3 Å². The largest absolute Gasteiger partial charge is 0.393 e. The predicted molar refractivity (Wildman–Crippen MR) is 85.4 cm³/mol. The van der Waals surface area contributed by atoms with Gasteiger partial charge in [-0.2, -0.15) is 0 Å². The third kappa shape index (κ3) is 4.21. The molecule has 3 nitrogen and oxygen atoms in total. The van der Waals surface area contributed by atoms with E-state index in [4.69, 9.17) is 11.6 Å². The standard InChI is InChI=1S/C17H24ClNO2/c1-11(2)16(12-5-3-7-14(18)9-12)17(21)19-10-13-6-4-8-15(13)20/h3,5,7,9,11,13,15-16,20H,4,6,8,10H2,1-2H3,(H,19,21). The number of carbonyl (C=O) groups excluding carboxylic acids is 1. The van der Waals surface area contributed by atoms with E-state index < -0.39 is 0 Å². The zero-order valence-corrected chi connectivity index (χ0v) is 13.4. The van der Waals surface area contributed by atoms with Gasteiger partial charge in [0.2, 0.25) is 5.91 Å². The van der Waals surface area contributed by atoms with Gasteiger partial charge in [0.1, 0.15) is 0 Å². The minimum absolute atomic E-state index is 0.0198. The molecule has 1 aromatic carbocycles. The average Bonchev–Trinajstić information content (AvgIpc) is 2.82. The van der Waals surface area contributed by atoms with E-state index in [2.05, 4.69) is 5.32 Å². The highest BCUT2D eigenvalue weighted by atomic mass is 35.5. The van der Waals surface area contributed by atoms with E-state index in [0.717, 1.165) is 24.8 Å². The number of aliphatic hydroxyl groups is 1. The average molecular weight is 310 g/mol. The van der Waals surface area contributed by atoms with Crippen molar-refractivity contribution < 1.29 is 9.90 Å². The lowest BCUT2D eigenvalue weighted by Gasteiger charge is -2.23. The molecule has 0 saturated heterocycles. The van der Waals surface area contributed by atoms with Gasteiger partial charge in [-0.1, -0.05) is 44.0 Å². The zero-order valence-electron chi connectivity index (χ0n) is 12.7. The number of rotatable bonds is 5. The molecule has 1 fully saturated rings. The van der Waals surface area contributed by atoms with Crippen molar-refractivity contribution in [3.63, 3.8) is 0 Å². The summed E-state index contributed by atoms with van der Waals surface area (Å²) < 4.78 is 0. The summed E-state index contributed by atoms with van der Waals surface area (Å²) >= 11 is 6.03. The van der Waals surface area contributed by atoms with Gasteiger partial charge in [0.25, 0.3) is 0 Å². The minimum Gasteiger partial charge on any atom is -0.393 e. The van der Waals surface area contributed by atoms with Crippen LogP contribution in [0.5, 0.6) is 0 Å². The van der Waals surface area contributed by atoms with Crippen LogP contribution in [0.3, 0.4) is 0 Å². The third-order valence-electron chi connectivity index (χ3n) is 4.31. The molecule has 2 rings (SSSR count). The van der Waals surface area contributed by atoms with E-state index in [1.165, 1.54) is 0 Å². The Balaban J connectivity index is 2.02. The fourth-order valence-corrected chi connectivity index (χ4v) is 3.33. The minimum atomic E-state index is -0.269. The fraction of sp³-hybridized carbons (Fsp3) is 0.588. The number of carbonyl (C=O) groups is 1. The molecule has 21 heavy (non-hydrogen) atoms. The van der Waals surface area contributed by atoms with Gasteiger partial charge in [0, 0.05) is 17.5 Å². The first-order chi connectivity index (χ1) is 9.99. The fourth-order valence-electron chi connectivity index (χ4n) is 3.14. The van der Waals surface area contributed by atoms with Gasteiger partial charge in [-0.25, -0.2) is 0 Å². The van der Waals surface area contributed by atoms with Crippen molar-refractivity contribution in [1.29, 1.82) is 0 Å². The highest BCUT2D eigenvalue weighted by molar-refractivity contribution is 6.30. The lowest BCUT2D eigenvalue weighted by atomic mass is 9.87. The third-order valence-corrected chi connectivity index (χ3v) is 4.55. The Hall–Kier alpha value is -1.06. The molecule has 0 radical (unpaired) electrons. The van der Waals surface area contributed by atoms with Crippen molar-refractivity contribution in [2.75, 3.05) is 6.54 Å². The molecule has 4 heteroatoms. The van der Waals surface area contributed by atoms with E-state index in [-0.39, 0.29) is 29.8 Å². The molecular weight excluding hydrogens is 286 g/mol. The van der Waals surface area contributed by atoms with E-state index in [0.29, 0.717) is 11.6 Å². The number of aliphatic hydroxyl groups excluding tert-OH is 1. The maximum atomic E-state index is 12.5. The maximum Gasteiger partial charge on any atom is 0.227 e. The van der Waals surface area contributed by atoms with Crippen LogP contribution in [0.25, 0.3) is 0 Å². The van der Waals surface area contributed by atoms with Crippen molar-refractivity contribution in [3.8, 4) is 0 Å². The number of amides is 1. The first-order valence-electron chi connectivity index (χ1n) is 7.70. The molecule has 1 aromatic rings. The van der Waals surface area contributed by atoms with Crippen LogP contribution in [0.2, 0.25) is 5.02 Å². The maximum absolute atomic E-state index is 12.5. The molecular formula is C17H24ClNO2. The van der Waals surface area contributed by atoms with Gasteiger partial charge in [-0.3, -0.25) is 4.79 Å². The summed E-state index contributed by atoms with van der Waals surface area (Å²) in [5, 5.41) is 13.5. The summed E-state index contributed by atoms with van der Waals surface area (Å²) in [4.78, 5) is 12.5. The molecule has 0 aromatic heterocycles. The van der Waals surface area contributed by atoms with Crippen molar-refractivity contribution in [2.24, 2.45) is 11.8 Å². The van der Waals surface area contributed by atoms with Crippen molar-refractivity contribution in [1.82, 2.24) is 5.32 Å². The molecule has 2 N–H and O–H groups in total. The number of benzene rings is 1. The molecule has 0 spiro atoms. The first kappa shape index (κ1) is 16.3. The Morgan fingerprint density at radius 2 is 2.19 bits per heavy atom. The Bertz CT molecular complexity index is 489. The van der Waals surface area contributed by atoms with Gasteiger partial charge in [-0.15, -0.1) is 0 Å². The van der Waals surface area contributed by atoms with Crippen LogP contribution in [-0.4, -0.2) is 23.7 Å². The second kappa shape index (κ2) is 7.28. The summed E-state index contributed by atoms with van der Waals surface area (Å²) in [7, 11) is 0. The quantitative estimate of drug-likeness (QED) is 0.876. The Kier molecular flexibility index (Phi) is 5.65. The van der Waals surface area contributed by atoms with Crippen LogP contribution >= 0.6 is 11.6 Å². The first-order valence-corrected chi connectivity index (χ1v) is 8.08. The highest BCUT2D eigenvalue weighted by Gasteiger charge is 2.28. The van der Waals surface area contributed by atoms with Gasteiger partial charge >= 0.3 is 0 Å². The van der Waals surface area contributed by atoms with E-state index in [9.17, 15) is 9.90 Å². The highest BCUT2D eigenvalue weighted by Crippen LogP contribution is 2.28. The molecule has 0 heterocycles. The van der Waals surface area contributed by atoms with Crippen LogP contribution in [0.1, 0.15) is 44.6 Å². The van der Waals surface area contributed by atoms with Crippen LogP contribution < -0.4 is 5.32 Å². The van der Waals surface area contributed by atoms with Crippen molar-refractivity contribution >= 4 is 17.5 Å². The molecule has 3 unspecified atom stereocenters. The SMILES string of the molecule is CC(C)C(C(=O)NCC1CCCC1O)c1cccc(Cl)c1. The number of nitrogens with one attached hydrogen (secondary N) is 1. The monoisotopic (exact) mass is 309 g/mol. The number of hydrogen-bond acceptors (Lipinski definition) is 2. The second-order valence-electron chi connectivity index (χ2n) is 6.28.